The molecule has 332 valence electrons. The molecule has 0 spiro atoms. The summed E-state index contributed by atoms with van der Waals surface area (Å²) in [6.07, 6.45) is 16.2. The monoisotopic (exact) mass is 890 g/mol. The third kappa shape index (κ3) is 5.50. The summed E-state index contributed by atoms with van der Waals surface area (Å²) in [7, 11) is 0. The zero-order valence-corrected chi connectivity index (χ0v) is 39.7. The number of aromatic nitrogens is 3. The van der Waals surface area contributed by atoms with Crippen molar-refractivity contribution < 1.29 is 0 Å². The van der Waals surface area contributed by atoms with Crippen molar-refractivity contribution in [2.24, 2.45) is 35.5 Å². The Kier molecular flexibility index (Phi) is 8.34. The molecule has 6 bridgehead atoms. The molecule has 7 fully saturated rings. The number of hydrogen-bond donors (Lipinski definition) is 0. The smallest absolute Gasteiger partial charge is 0.163 e. The minimum Gasteiger partial charge on any atom is -0.310 e. The highest BCUT2D eigenvalue weighted by molar-refractivity contribution is 7.26. The molecule has 0 N–H and O–H groups in total. The van der Waals surface area contributed by atoms with E-state index in [-0.39, 0.29) is 10.8 Å². The van der Waals surface area contributed by atoms with Gasteiger partial charge in [-0.25, -0.2) is 15.0 Å². The highest BCUT2D eigenvalue weighted by Crippen LogP contribution is 2.66. The average molecular weight is 891 g/mol. The van der Waals surface area contributed by atoms with E-state index >= 15 is 0 Å². The van der Waals surface area contributed by atoms with Crippen molar-refractivity contribution in [3.05, 3.63) is 178 Å². The first kappa shape index (κ1) is 39.4. The summed E-state index contributed by atoms with van der Waals surface area (Å²) >= 11 is 1.93. The Hall–Kier alpha value is -5.65. The molecule has 8 aromatic rings. The number of nitrogens with zero attached hydrogens (tertiary/aromatic N) is 4. The van der Waals surface area contributed by atoms with E-state index in [4.69, 9.17) is 15.0 Å². The van der Waals surface area contributed by atoms with E-state index in [2.05, 4.69) is 152 Å². The summed E-state index contributed by atoms with van der Waals surface area (Å²) in [6, 6.07) is 50.6. The van der Waals surface area contributed by atoms with Crippen LogP contribution in [0.3, 0.4) is 0 Å². The Morgan fingerprint density at radius 1 is 0.537 bits per heavy atom. The molecule has 7 aliphatic carbocycles. The lowest BCUT2D eigenvalue weighted by Gasteiger charge is -2.56. The Morgan fingerprint density at radius 3 is 1.73 bits per heavy atom. The predicted octanol–water partition coefficient (Wildman–Crippen LogP) is 15.6. The molecule has 6 aromatic carbocycles. The minimum atomic E-state index is -0.568. The summed E-state index contributed by atoms with van der Waals surface area (Å²) < 4.78 is 2.67. The summed E-state index contributed by atoms with van der Waals surface area (Å²) in [5, 5.41) is 2.65. The van der Waals surface area contributed by atoms with Crippen molar-refractivity contribution in [1.82, 2.24) is 15.0 Å². The van der Waals surface area contributed by atoms with Crippen LogP contribution in [0.4, 0.5) is 17.1 Å². The fourth-order valence-corrected chi connectivity index (χ4v) is 18.3. The largest absolute Gasteiger partial charge is 0.310 e. The van der Waals surface area contributed by atoms with Gasteiger partial charge in [-0.05, 0) is 171 Å². The molecule has 5 heteroatoms. The molecule has 8 aliphatic rings. The Bertz CT molecular complexity index is 3200. The molecular formula is C62H58N4S. The Morgan fingerprint density at radius 2 is 1.09 bits per heavy atom. The van der Waals surface area contributed by atoms with Gasteiger partial charge >= 0.3 is 0 Å². The maximum atomic E-state index is 5.79. The normalized spacial score (nSPS) is 29.4. The number of hydrogen-bond acceptors (Lipinski definition) is 5. The van der Waals surface area contributed by atoms with E-state index in [1.807, 2.05) is 11.3 Å². The molecule has 4 nitrogen and oxygen atoms in total. The lowest BCUT2D eigenvalue weighted by molar-refractivity contribution is -0.00971. The summed E-state index contributed by atoms with van der Waals surface area (Å²) in [6.45, 7) is 4.64. The van der Waals surface area contributed by atoms with Gasteiger partial charge in [-0.3, -0.25) is 0 Å². The van der Waals surface area contributed by atoms with Gasteiger partial charge in [0.05, 0.1) is 16.8 Å². The lowest BCUT2D eigenvalue weighted by Crippen LogP contribution is -2.49. The Labute approximate surface area is 398 Å². The van der Waals surface area contributed by atoms with E-state index in [0.29, 0.717) is 0 Å². The Balaban J connectivity index is 0.912. The van der Waals surface area contributed by atoms with Crippen molar-refractivity contribution in [3.8, 4) is 11.4 Å². The first-order chi connectivity index (χ1) is 32.9. The van der Waals surface area contributed by atoms with Crippen molar-refractivity contribution in [3.63, 3.8) is 0 Å². The van der Waals surface area contributed by atoms with Gasteiger partial charge in [-0.15, -0.1) is 11.3 Å². The van der Waals surface area contributed by atoms with Crippen LogP contribution in [-0.4, -0.2) is 15.0 Å². The van der Waals surface area contributed by atoms with E-state index in [1.54, 1.807) is 0 Å². The van der Waals surface area contributed by atoms with Gasteiger partial charge in [0.1, 0.15) is 11.6 Å². The first-order valence-electron chi connectivity index (χ1n) is 25.7. The lowest BCUT2D eigenvalue weighted by atomic mass is 9.49. The van der Waals surface area contributed by atoms with Gasteiger partial charge in [0, 0.05) is 42.3 Å². The van der Waals surface area contributed by atoms with Gasteiger partial charge < -0.3 is 4.90 Å². The molecular weight excluding hydrogens is 833 g/mol. The SMILES string of the molecule is Cc1cc(N2c3ccccc3C(c3ccccc3)(c3cccc4c3sc3ccccc34)c3ccccc32)cc(C)c1-c1nc(C23CC4CC(CC(C4)C2)C3)nc(C23CC4CCCC(C2)C4C3)n1. The predicted molar refractivity (Wildman–Crippen MR) is 274 cm³/mol. The van der Waals surface area contributed by atoms with Gasteiger partial charge in [0.15, 0.2) is 5.82 Å². The van der Waals surface area contributed by atoms with Gasteiger partial charge in [0.25, 0.3) is 0 Å². The van der Waals surface area contributed by atoms with E-state index in [1.165, 1.54) is 153 Å². The number of thiophene rings is 1. The van der Waals surface area contributed by atoms with Gasteiger partial charge in [0.2, 0.25) is 0 Å². The van der Waals surface area contributed by atoms with Crippen LogP contribution in [0.2, 0.25) is 0 Å². The zero-order valence-electron chi connectivity index (χ0n) is 38.8. The quantitative estimate of drug-likeness (QED) is 0.167. The molecule has 0 amide bonds. The first-order valence-corrected chi connectivity index (χ1v) is 26.5. The van der Waals surface area contributed by atoms with Crippen LogP contribution >= 0.6 is 11.3 Å². The van der Waals surface area contributed by atoms with Gasteiger partial charge in [-0.1, -0.05) is 122 Å². The van der Waals surface area contributed by atoms with E-state index in [9.17, 15) is 0 Å². The molecule has 3 heterocycles. The highest BCUT2D eigenvalue weighted by atomic mass is 32.1. The second-order valence-corrected chi connectivity index (χ2v) is 23.8. The molecule has 0 saturated heterocycles. The molecule has 1 aliphatic heterocycles. The third-order valence-electron chi connectivity index (χ3n) is 19.0. The van der Waals surface area contributed by atoms with Crippen LogP contribution in [0.15, 0.2) is 133 Å². The van der Waals surface area contributed by atoms with Crippen LogP contribution in [0.25, 0.3) is 31.6 Å². The molecule has 2 atom stereocenters. The summed E-state index contributed by atoms with van der Waals surface area (Å²) in [5.41, 5.74) is 12.1. The number of para-hydroxylation sites is 2. The molecule has 67 heavy (non-hydrogen) atoms. The number of aryl methyl sites for hydroxylation is 2. The average Bonchev–Trinajstić information content (AvgIpc) is 4.05. The van der Waals surface area contributed by atoms with Gasteiger partial charge in [-0.2, -0.15) is 0 Å². The topological polar surface area (TPSA) is 41.9 Å². The van der Waals surface area contributed by atoms with Crippen molar-refractivity contribution in [2.75, 3.05) is 4.90 Å². The van der Waals surface area contributed by atoms with Crippen LogP contribution in [0, 0.1) is 49.4 Å². The van der Waals surface area contributed by atoms with Crippen LogP contribution in [0.5, 0.6) is 0 Å². The second-order valence-electron chi connectivity index (χ2n) is 22.7. The number of benzene rings is 6. The van der Waals surface area contributed by atoms with Crippen molar-refractivity contribution >= 4 is 48.6 Å². The van der Waals surface area contributed by atoms with E-state index < -0.39 is 5.41 Å². The fraction of sp³-hybridized carbons (Fsp3) is 0.371. The maximum Gasteiger partial charge on any atom is 0.163 e. The minimum absolute atomic E-state index is 0.110. The van der Waals surface area contributed by atoms with Crippen LogP contribution < -0.4 is 4.90 Å². The fourth-order valence-electron chi connectivity index (χ4n) is 17.1. The second kappa shape index (κ2) is 14.2. The van der Waals surface area contributed by atoms with Crippen LogP contribution in [-0.2, 0) is 16.2 Å². The summed E-state index contributed by atoms with van der Waals surface area (Å²) in [4.78, 5) is 19.8. The number of anilines is 3. The van der Waals surface area contributed by atoms with Crippen molar-refractivity contribution in [2.45, 2.75) is 107 Å². The zero-order chi connectivity index (χ0) is 44.2. The summed E-state index contributed by atoms with van der Waals surface area (Å²) in [5.74, 6) is 8.35. The standard InChI is InChI=1S/C62H58N4S/c1-37-26-45(27-38(2)55(37)57-63-58(60-31-39-28-40(32-60)30-41(29-39)33-60)65-59(64-57)61-34-42-14-12-15-43(35-61)48(42)36-61)66-52-23-9-7-20-49(52)62(44-16-4-3-5-17-44,50-21-8-10-24-53(50)66)51-22-13-19-47-46-18-6-11-25-54(46)67-56(47)51/h3-11,13,16-27,39-43,48H,12,14-15,28-36H2,1-2H3. The number of fused-ring (bicyclic) bond motifs is 6. The third-order valence-corrected chi connectivity index (χ3v) is 20.2. The van der Waals surface area contributed by atoms with Crippen LogP contribution in [0.1, 0.15) is 122 Å². The molecule has 7 saturated carbocycles. The molecule has 16 rings (SSSR count). The molecule has 0 radical (unpaired) electrons. The number of rotatable bonds is 6. The van der Waals surface area contributed by atoms with Crippen molar-refractivity contribution in [1.29, 1.82) is 0 Å². The molecule has 2 aromatic heterocycles. The maximum absolute atomic E-state index is 5.79. The highest BCUT2D eigenvalue weighted by Gasteiger charge is 2.60. The molecule has 2 unspecified atom stereocenters. The van der Waals surface area contributed by atoms with E-state index in [0.717, 1.165) is 53.0 Å².